The third kappa shape index (κ3) is 3.69. The van der Waals surface area contributed by atoms with E-state index in [-0.39, 0.29) is 23.1 Å². The fourth-order valence-electron chi connectivity index (χ4n) is 3.19. The molecule has 2 aliphatic heterocycles. The van der Waals surface area contributed by atoms with Gasteiger partial charge in [0.25, 0.3) is 5.91 Å². The van der Waals surface area contributed by atoms with E-state index >= 15 is 0 Å². The Morgan fingerprint density at radius 2 is 1.96 bits per heavy atom. The summed E-state index contributed by atoms with van der Waals surface area (Å²) in [6, 6.07) is -0.0676. The van der Waals surface area contributed by atoms with Crippen molar-refractivity contribution < 1.29 is 14.0 Å². The van der Waals surface area contributed by atoms with Crippen LogP contribution in [0.4, 0.5) is 0 Å². The number of hydrogen-bond acceptors (Lipinski definition) is 3. The first-order valence-corrected chi connectivity index (χ1v) is 12.0. The summed E-state index contributed by atoms with van der Waals surface area (Å²) >= 11 is 0. The molecule has 0 aromatic rings. The van der Waals surface area contributed by atoms with E-state index in [0.717, 1.165) is 6.42 Å². The summed E-state index contributed by atoms with van der Waals surface area (Å²) in [5.41, 5.74) is 2.37. The fraction of sp³-hybridized carbons (Fsp3) is 0.650. The molecule has 0 radical (unpaired) electrons. The van der Waals surface area contributed by atoms with Crippen LogP contribution in [0.25, 0.3) is 0 Å². The van der Waals surface area contributed by atoms with E-state index in [1.54, 1.807) is 6.08 Å². The van der Waals surface area contributed by atoms with Gasteiger partial charge in [-0.2, -0.15) is 0 Å². The lowest BCUT2D eigenvalue weighted by molar-refractivity contribution is -0.177. The van der Waals surface area contributed by atoms with Gasteiger partial charge in [0.15, 0.2) is 14.4 Å². The summed E-state index contributed by atoms with van der Waals surface area (Å²) in [4.78, 5) is 14.3. The van der Waals surface area contributed by atoms with Crippen LogP contribution in [0.3, 0.4) is 0 Å². The number of allylic oxidation sites excluding steroid dienone is 1. The Morgan fingerprint density at radius 3 is 2.48 bits per heavy atom. The molecule has 3 atom stereocenters. The van der Waals surface area contributed by atoms with E-state index in [1.165, 1.54) is 11.1 Å². The van der Waals surface area contributed by atoms with Gasteiger partial charge in [0.1, 0.15) is 0 Å². The van der Waals surface area contributed by atoms with Crippen LogP contribution in [0, 0.1) is 0 Å². The van der Waals surface area contributed by atoms with Crippen molar-refractivity contribution in [2.24, 2.45) is 0 Å². The maximum atomic E-state index is 12.5. The molecule has 0 spiro atoms. The molecule has 140 valence electrons. The molecule has 5 heteroatoms. The van der Waals surface area contributed by atoms with E-state index in [1.807, 2.05) is 11.0 Å². The van der Waals surface area contributed by atoms with E-state index in [9.17, 15) is 4.79 Å². The van der Waals surface area contributed by atoms with Crippen LogP contribution in [-0.4, -0.2) is 50.5 Å². The van der Waals surface area contributed by atoms with Gasteiger partial charge in [0.2, 0.25) is 0 Å². The number of β-lactam (4-membered cyclic amide) rings is 1. The van der Waals surface area contributed by atoms with Gasteiger partial charge in [0.05, 0.1) is 18.8 Å². The number of fused-ring (bicyclic) bond motifs is 1. The largest absolute Gasteiger partial charge is 0.408 e. The summed E-state index contributed by atoms with van der Waals surface area (Å²) in [6.45, 7) is 22.0. The quantitative estimate of drug-likeness (QED) is 0.406. The van der Waals surface area contributed by atoms with Gasteiger partial charge in [-0.15, -0.1) is 13.2 Å². The van der Waals surface area contributed by atoms with Crippen LogP contribution >= 0.6 is 0 Å². The Hall–Kier alpha value is -1.17. The molecule has 2 heterocycles. The Labute approximate surface area is 153 Å². The number of ether oxygens (including phenoxy) is 1. The van der Waals surface area contributed by atoms with Crippen molar-refractivity contribution in [2.45, 2.75) is 70.5 Å². The van der Waals surface area contributed by atoms with Crippen molar-refractivity contribution in [1.82, 2.24) is 4.90 Å². The SMILES string of the molecule is C=CCC1=C(C)[C@@H](O[Si](C)(C)C(C)(C)C)[C@H]2[C@@H](OC1)C(=O)N2CC=C. The third-order valence-electron chi connectivity index (χ3n) is 5.87. The van der Waals surface area contributed by atoms with Crippen LogP contribution in [-0.2, 0) is 14.0 Å². The summed E-state index contributed by atoms with van der Waals surface area (Å²) in [5, 5.41) is 0.103. The van der Waals surface area contributed by atoms with Gasteiger partial charge >= 0.3 is 0 Å². The number of amides is 1. The first-order chi connectivity index (χ1) is 11.5. The first kappa shape index (κ1) is 20.1. The maximum absolute atomic E-state index is 12.5. The summed E-state index contributed by atoms with van der Waals surface area (Å²) in [6.07, 6.45) is 3.89. The molecule has 1 amide bonds. The molecule has 0 N–H and O–H groups in total. The van der Waals surface area contributed by atoms with Crippen molar-refractivity contribution in [3.8, 4) is 0 Å². The lowest BCUT2D eigenvalue weighted by Crippen LogP contribution is -2.70. The minimum Gasteiger partial charge on any atom is -0.408 e. The van der Waals surface area contributed by atoms with Gasteiger partial charge in [-0.05, 0) is 42.6 Å². The standard InChI is InChI=1S/C20H33NO3Si/c1-9-11-15-13-23-18-16(21(12-10-2)19(18)22)17(14(15)3)24-25(7,8)20(4,5)6/h9-10,16-18H,1-2,11-13H2,3-8H3/t16-,17+,18+/m0/s1. The number of likely N-dealkylation sites (tertiary alicyclic amines) is 1. The first-order valence-electron chi connectivity index (χ1n) is 9.05. The normalized spacial score (nSPS) is 27.5. The molecule has 1 saturated heterocycles. The lowest BCUT2D eigenvalue weighted by atomic mass is 9.88. The zero-order valence-electron chi connectivity index (χ0n) is 16.6. The molecule has 2 aliphatic rings. The molecule has 0 saturated carbocycles. The molecule has 0 unspecified atom stereocenters. The Morgan fingerprint density at radius 1 is 1.32 bits per heavy atom. The number of carbonyl (C=O) groups is 1. The molecule has 0 aromatic carbocycles. The second kappa shape index (κ2) is 7.21. The highest BCUT2D eigenvalue weighted by atomic mass is 28.4. The van der Waals surface area contributed by atoms with E-state index < -0.39 is 14.4 Å². The van der Waals surface area contributed by atoms with Gasteiger partial charge < -0.3 is 14.1 Å². The van der Waals surface area contributed by atoms with Crippen LogP contribution in [0.1, 0.15) is 34.1 Å². The molecule has 0 aromatic heterocycles. The van der Waals surface area contributed by atoms with Crippen molar-refractivity contribution >= 4 is 14.2 Å². The van der Waals surface area contributed by atoms with Crippen LogP contribution < -0.4 is 0 Å². The Kier molecular flexibility index (Phi) is 5.81. The monoisotopic (exact) mass is 363 g/mol. The average Bonchev–Trinajstić information content (AvgIpc) is 2.62. The minimum absolute atomic E-state index is 0.0429. The molecule has 25 heavy (non-hydrogen) atoms. The molecule has 1 fully saturated rings. The second-order valence-corrected chi connectivity index (χ2v) is 13.3. The molecule has 2 rings (SSSR count). The minimum atomic E-state index is -2.00. The highest BCUT2D eigenvalue weighted by Crippen LogP contribution is 2.42. The van der Waals surface area contributed by atoms with Crippen LogP contribution in [0.5, 0.6) is 0 Å². The van der Waals surface area contributed by atoms with E-state index in [0.29, 0.717) is 13.2 Å². The van der Waals surface area contributed by atoms with Crippen molar-refractivity contribution in [3.05, 3.63) is 36.5 Å². The zero-order chi connectivity index (χ0) is 19.0. The molecular weight excluding hydrogens is 330 g/mol. The topological polar surface area (TPSA) is 38.8 Å². The van der Waals surface area contributed by atoms with Crippen LogP contribution in [0.15, 0.2) is 36.5 Å². The molecule has 0 bridgehead atoms. The lowest BCUT2D eigenvalue weighted by Gasteiger charge is -2.51. The predicted octanol–water partition coefficient (Wildman–Crippen LogP) is 4.07. The van der Waals surface area contributed by atoms with E-state index in [2.05, 4.69) is 53.9 Å². The predicted molar refractivity (Wildman–Crippen MR) is 105 cm³/mol. The zero-order valence-corrected chi connectivity index (χ0v) is 17.6. The fourth-order valence-corrected chi connectivity index (χ4v) is 4.49. The number of hydrogen-bond donors (Lipinski definition) is 0. The van der Waals surface area contributed by atoms with Crippen LogP contribution in [0.2, 0.25) is 18.1 Å². The molecular formula is C20H33NO3Si. The van der Waals surface area contributed by atoms with Crippen molar-refractivity contribution in [3.63, 3.8) is 0 Å². The second-order valence-electron chi connectivity index (χ2n) is 8.58. The smallest absolute Gasteiger partial charge is 0.254 e. The highest BCUT2D eigenvalue weighted by molar-refractivity contribution is 6.74. The average molecular weight is 364 g/mol. The van der Waals surface area contributed by atoms with Crippen molar-refractivity contribution in [1.29, 1.82) is 0 Å². The molecule has 4 nitrogen and oxygen atoms in total. The number of carbonyl (C=O) groups excluding carboxylic acids is 1. The Balaban J connectivity index is 2.42. The van der Waals surface area contributed by atoms with Gasteiger partial charge in [0, 0.05) is 6.54 Å². The summed E-state index contributed by atoms with van der Waals surface area (Å²) in [7, 11) is -2.00. The van der Waals surface area contributed by atoms with Crippen molar-refractivity contribution in [2.75, 3.05) is 13.2 Å². The number of rotatable bonds is 6. The Bertz CT molecular complexity index is 588. The summed E-state index contributed by atoms with van der Waals surface area (Å²) < 4.78 is 12.8. The van der Waals surface area contributed by atoms with Gasteiger partial charge in [-0.1, -0.05) is 32.9 Å². The van der Waals surface area contributed by atoms with Gasteiger partial charge in [-0.25, -0.2) is 0 Å². The summed E-state index contributed by atoms with van der Waals surface area (Å²) in [5.74, 6) is 0.0429. The molecule has 0 aliphatic carbocycles. The highest BCUT2D eigenvalue weighted by Gasteiger charge is 2.55. The number of nitrogens with zero attached hydrogens (tertiary/aromatic N) is 1. The maximum Gasteiger partial charge on any atom is 0.254 e. The third-order valence-corrected chi connectivity index (χ3v) is 10.3. The van der Waals surface area contributed by atoms with Gasteiger partial charge in [-0.3, -0.25) is 4.79 Å². The van der Waals surface area contributed by atoms with E-state index in [4.69, 9.17) is 9.16 Å².